The second-order valence-corrected chi connectivity index (χ2v) is 26.8. The third-order valence-corrected chi connectivity index (χ3v) is 18.2. The van der Waals surface area contributed by atoms with Gasteiger partial charge in [-0.05, 0) is 122 Å². The molecule has 6 aromatic carbocycles. The van der Waals surface area contributed by atoms with Gasteiger partial charge in [0.1, 0.15) is 47.9 Å². The molecule has 2 fully saturated rings. The summed E-state index contributed by atoms with van der Waals surface area (Å²) in [6, 6.07) is 45.1. The third kappa shape index (κ3) is 20.2. The van der Waals surface area contributed by atoms with Crippen molar-refractivity contribution in [2.75, 3.05) is 13.1 Å². The summed E-state index contributed by atoms with van der Waals surface area (Å²) in [5.41, 5.74) is 11.0. The predicted octanol–water partition coefficient (Wildman–Crippen LogP) is 8.55. The molecular formula is C78H95N10O10-. The summed E-state index contributed by atoms with van der Waals surface area (Å²) in [4.78, 5) is 121. The maximum absolute atomic E-state index is 14.9. The molecule has 1 heterocycles. The number of likely N-dealkylation sites (tertiary alicyclic amines) is 1. The fourth-order valence-corrected chi connectivity index (χ4v) is 12.5. The van der Waals surface area contributed by atoms with Gasteiger partial charge in [0.05, 0.1) is 0 Å². The molecule has 1 unspecified atom stereocenters. The van der Waals surface area contributed by atoms with Crippen LogP contribution in [0.4, 0.5) is 4.79 Å². The van der Waals surface area contributed by atoms with E-state index in [2.05, 4.69) is 38.5 Å². The van der Waals surface area contributed by atoms with E-state index in [1.807, 2.05) is 153 Å². The summed E-state index contributed by atoms with van der Waals surface area (Å²) in [6.07, 6.45) is 3.66. The van der Waals surface area contributed by atoms with E-state index in [0.717, 1.165) is 58.2 Å². The number of rotatable bonds is 30. The van der Waals surface area contributed by atoms with Crippen LogP contribution in [0.15, 0.2) is 175 Å². The lowest BCUT2D eigenvalue weighted by Gasteiger charge is -2.46. The number of aryl methyl sites for hydroxylation is 1. The summed E-state index contributed by atoms with van der Waals surface area (Å²) in [5, 5.41) is 32.0. The number of benzene rings is 6. The van der Waals surface area contributed by atoms with Gasteiger partial charge in [0.25, 0.3) is 0 Å². The van der Waals surface area contributed by atoms with Crippen molar-refractivity contribution in [3.05, 3.63) is 220 Å². The minimum absolute atomic E-state index is 0.0149. The van der Waals surface area contributed by atoms with Gasteiger partial charge in [-0.15, -0.1) is 0 Å². The smallest absolute Gasteiger partial charge is 0.411 e. The number of amides is 8. The van der Waals surface area contributed by atoms with E-state index in [4.69, 9.17) is 15.5 Å². The zero-order valence-corrected chi connectivity index (χ0v) is 57.4. The molecule has 0 spiro atoms. The van der Waals surface area contributed by atoms with Crippen LogP contribution in [-0.4, -0.2) is 112 Å². The highest BCUT2D eigenvalue weighted by atomic mass is 16.6. The number of ether oxygens (including phenoxy) is 1. The number of carbonyl (C=O) groups excluding carboxylic acids is 8. The van der Waals surface area contributed by atoms with Crippen molar-refractivity contribution < 1.29 is 48.2 Å². The van der Waals surface area contributed by atoms with Gasteiger partial charge in [0.15, 0.2) is 0 Å². The summed E-state index contributed by atoms with van der Waals surface area (Å²) in [6.45, 7) is 15.9. The minimum atomic E-state index is -1.31. The van der Waals surface area contributed by atoms with E-state index in [1.165, 1.54) is 16.7 Å². The lowest BCUT2D eigenvalue weighted by molar-refractivity contribution is -0.219. The first-order valence-electron chi connectivity index (χ1n) is 34.0. The van der Waals surface area contributed by atoms with Crippen LogP contribution in [0.25, 0.3) is 5.70 Å². The van der Waals surface area contributed by atoms with Crippen LogP contribution in [-0.2, 0) is 69.9 Å². The first-order valence-corrected chi connectivity index (χ1v) is 34.0. The molecule has 0 aromatic heterocycles. The molecule has 1 saturated heterocycles. The Morgan fingerprint density at radius 2 is 1.17 bits per heavy atom. The van der Waals surface area contributed by atoms with E-state index in [1.54, 1.807) is 52.0 Å². The molecule has 8 rings (SSSR count). The zero-order valence-electron chi connectivity index (χ0n) is 57.4. The molecule has 6 aromatic rings. The summed E-state index contributed by atoms with van der Waals surface area (Å²) in [7, 11) is 0. The van der Waals surface area contributed by atoms with Gasteiger partial charge in [-0.3, -0.25) is 43.5 Å². The Bertz CT molecular complexity index is 3630. The molecular weight excluding hydrogens is 1240 g/mol. The molecule has 518 valence electrons. The number of nitrogens with two attached hydrogens (primary N) is 1. The summed E-state index contributed by atoms with van der Waals surface area (Å²) in [5.74, 6) is -4.87. The van der Waals surface area contributed by atoms with Gasteiger partial charge in [0.2, 0.25) is 41.4 Å². The molecule has 0 bridgehead atoms. The molecule has 20 heteroatoms. The lowest BCUT2D eigenvalue weighted by atomic mass is 9.77. The quantitative estimate of drug-likeness (QED) is 0.0127. The van der Waals surface area contributed by atoms with Crippen molar-refractivity contribution >= 4 is 59.0 Å². The molecule has 20 nitrogen and oxygen atoms in total. The average Bonchev–Trinajstić information content (AvgIpc) is 0.763. The topological polar surface area (TPSA) is 286 Å². The van der Waals surface area contributed by atoms with Crippen LogP contribution < -0.4 is 42.7 Å². The van der Waals surface area contributed by atoms with E-state index in [9.17, 15) is 43.5 Å². The maximum atomic E-state index is 14.9. The molecule has 1 saturated carbocycles. The van der Waals surface area contributed by atoms with Gasteiger partial charge in [-0.25, -0.2) is 4.79 Å². The van der Waals surface area contributed by atoms with Crippen molar-refractivity contribution in [1.29, 1.82) is 0 Å². The van der Waals surface area contributed by atoms with Crippen LogP contribution in [0.2, 0.25) is 0 Å². The molecule has 0 radical (unpaired) electrons. The molecule has 98 heavy (non-hydrogen) atoms. The largest absolute Gasteiger partial charge is 0.862 e. The third-order valence-electron chi connectivity index (χ3n) is 18.2. The highest BCUT2D eigenvalue weighted by molar-refractivity contribution is 5.96. The van der Waals surface area contributed by atoms with Gasteiger partial charge >= 0.3 is 6.09 Å². The Balaban J connectivity index is 0.983. The van der Waals surface area contributed by atoms with Crippen molar-refractivity contribution in [2.24, 2.45) is 22.6 Å². The van der Waals surface area contributed by atoms with Crippen molar-refractivity contribution in [3.8, 4) is 0 Å². The first kappa shape index (κ1) is 73.7. The number of carbonyl (C=O) groups is 8. The second kappa shape index (κ2) is 34.7. The highest BCUT2D eigenvalue weighted by Crippen LogP contribution is 2.41. The normalized spacial score (nSPS) is 15.7. The molecule has 8 amide bonds. The molecule has 1 aliphatic heterocycles. The second-order valence-electron chi connectivity index (χ2n) is 26.8. The number of hydrogen-bond acceptors (Lipinski definition) is 12. The van der Waals surface area contributed by atoms with Crippen molar-refractivity contribution in [1.82, 2.24) is 41.7 Å². The monoisotopic (exact) mass is 1330 g/mol. The molecule has 1 aliphatic carbocycles. The number of aliphatic imine (C=N–C) groups is 1. The zero-order chi connectivity index (χ0) is 70.5. The van der Waals surface area contributed by atoms with E-state index < -0.39 is 101 Å². The lowest BCUT2D eigenvalue weighted by Crippen LogP contribution is -2.65. The Labute approximate surface area is 576 Å². The Morgan fingerprint density at radius 3 is 1.67 bits per heavy atom. The molecule has 2 aliphatic rings. The standard InChI is InChI=1S/C78H96N10O10/c1-9-52(3)69(85-72(93)65(83-54(5)89)46-55-32-30-51(2)31-33-55)74(95)84-64(42-43-67(90)86-78(61-24-16-11-17-25-61,62-26-18-12-19-27-62)63-28-20-13-21-29-63)71(92)81-48-57-36-34-56(35-37-57)47-80-68(91)50-88(76(97)98-77(6,7)8)70(60-22-14-10-15-23-60)75(96)87-45-44-66(87)73(94)82-49-58-38-40-59(41-39-58)53(4)79/h11-13,16-21,24-41,52,60,64-66,69-70H,4,9-10,14-15,22-23,42-50,79H2,1-3,5-8H3,(H,80,91)(H,81,92)(H,82,94)(H,83,89)(H,84,95)(H,85,93)(H,86,90)/p-1/t52?,64-,65-,66-,69-,70+/m0/s1. The van der Waals surface area contributed by atoms with E-state index in [-0.39, 0.29) is 50.7 Å². The SMILES string of the molecule is C=C(N)c1ccc(CNC(=O)[C@@H]2CCN2C(=O)[C@@H](C2CCCCC2)N(CC(=O)NCc2ccc(CNC(=O)[C@H](CCC([O-])=NC(c3ccccc3)(c3ccccc3)c3ccccc3)NC(=O)[C@@H](NC(=O)[C@H](Cc3ccc(C)cc3)NC(C)=O)C(C)CC)cc2)C(=O)OC(C)(C)C)cc1. The van der Waals surface area contributed by atoms with Crippen LogP contribution in [0.1, 0.15) is 149 Å². The minimum Gasteiger partial charge on any atom is -0.862 e. The number of nitrogens with zero attached hydrogens (tertiary/aromatic N) is 3. The van der Waals surface area contributed by atoms with Crippen molar-refractivity contribution in [3.63, 3.8) is 0 Å². The van der Waals surface area contributed by atoms with Crippen LogP contribution in [0.5, 0.6) is 0 Å². The fraction of sp³-hybridized carbons (Fsp3) is 0.397. The maximum Gasteiger partial charge on any atom is 0.411 e. The average molecular weight is 1330 g/mol. The Hall–Kier alpha value is -10.1. The Kier molecular flexibility index (Phi) is 26.1. The number of hydrogen-bond donors (Lipinski definition) is 7. The van der Waals surface area contributed by atoms with Gasteiger partial charge < -0.3 is 52.4 Å². The Morgan fingerprint density at radius 1 is 0.653 bits per heavy atom. The first-order chi connectivity index (χ1) is 46.9. The summed E-state index contributed by atoms with van der Waals surface area (Å²) >= 11 is 0. The highest BCUT2D eigenvalue weighted by Gasteiger charge is 2.47. The van der Waals surface area contributed by atoms with Crippen molar-refractivity contribution in [2.45, 2.75) is 174 Å². The molecule has 6 atom stereocenters. The van der Waals surface area contributed by atoms with Gasteiger partial charge in [-0.2, -0.15) is 0 Å². The summed E-state index contributed by atoms with van der Waals surface area (Å²) < 4.78 is 5.90. The van der Waals surface area contributed by atoms with Gasteiger partial charge in [-0.1, -0.05) is 215 Å². The van der Waals surface area contributed by atoms with Crippen LogP contribution >= 0.6 is 0 Å². The van der Waals surface area contributed by atoms with Gasteiger partial charge in [0, 0.05) is 45.2 Å². The van der Waals surface area contributed by atoms with Crippen LogP contribution in [0.3, 0.4) is 0 Å². The van der Waals surface area contributed by atoms with E-state index in [0.29, 0.717) is 49.1 Å². The fourth-order valence-electron chi connectivity index (χ4n) is 12.5. The molecule has 8 N–H and O–H groups in total. The number of nitrogens with one attached hydrogen (secondary N) is 6. The van der Waals surface area contributed by atoms with Crippen LogP contribution in [0, 0.1) is 18.8 Å². The van der Waals surface area contributed by atoms with E-state index >= 15 is 0 Å². The predicted molar refractivity (Wildman–Crippen MR) is 377 cm³/mol.